The molecule has 2 fully saturated rings. The molecule has 1 heterocycles. The maximum atomic E-state index is 3.67. The first-order valence-electron chi connectivity index (χ1n) is 4.71. The van der Waals surface area contributed by atoms with Crippen LogP contribution in [0.4, 0.5) is 0 Å². The van der Waals surface area contributed by atoms with E-state index in [1.54, 1.807) is 0 Å². The molecule has 0 aromatic carbocycles. The highest BCUT2D eigenvalue weighted by Crippen LogP contribution is 2.33. The molecule has 0 bridgehead atoms. The van der Waals surface area contributed by atoms with Crippen LogP contribution in [-0.4, -0.2) is 23.6 Å². The maximum absolute atomic E-state index is 3.67. The minimum atomic E-state index is 0.852. The average Bonchev–Trinajstić information content (AvgIpc) is 2.38. The van der Waals surface area contributed by atoms with Gasteiger partial charge in [-0.2, -0.15) is 11.8 Å². The third kappa shape index (κ3) is 1.73. The molecule has 2 heteroatoms. The fourth-order valence-electron chi connectivity index (χ4n) is 2.06. The third-order valence-corrected chi connectivity index (χ3v) is 4.53. The molecule has 0 amide bonds. The molecule has 1 N–H and O–H groups in total. The number of nitrogens with one attached hydrogen (secondary N) is 1. The van der Waals surface area contributed by atoms with Crippen LogP contribution in [-0.2, 0) is 0 Å². The van der Waals surface area contributed by atoms with Gasteiger partial charge in [0.25, 0.3) is 0 Å². The highest BCUT2D eigenvalue weighted by atomic mass is 32.2. The fourth-order valence-corrected chi connectivity index (χ4v) is 3.55. The van der Waals surface area contributed by atoms with Crippen molar-refractivity contribution in [1.29, 1.82) is 0 Å². The second-order valence-corrected chi connectivity index (χ2v) is 5.19. The van der Waals surface area contributed by atoms with Crippen molar-refractivity contribution in [1.82, 2.24) is 5.32 Å². The molecular weight excluding hydrogens is 154 g/mol. The second-order valence-electron chi connectivity index (χ2n) is 3.92. The van der Waals surface area contributed by atoms with E-state index in [-0.39, 0.29) is 0 Å². The van der Waals surface area contributed by atoms with E-state index in [2.05, 4.69) is 24.0 Å². The molecule has 1 aliphatic heterocycles. The predicted octanol–water partition coefficient (Wildman–Crippen LogP) is 1.88. The molecule has 0 spiro atoms. The lowest BCUT2D eigenvalue weighted by molar-refractivity contribution is 0.491. The molecule has 2 aliphatic rings. The third-order valence-electron chi connectivity index (χ3n) is 2.78. The quantitative estimate of drug-likeness (QED) is 0.597. The van der Waals surface area contributed by atoms with Gasteiger partial charge in [-0.15, -0.1) is 0 Å². The Morgan fingerprint density at radius 3 is 3.18 bits per heavy atom. The van der Waals surface area contributed by atoms with E-state index in [0.717, 1.165) is 17.2 Å². The van der Waals surface area contributed by atoms with Crippen LogP contribution in [0.1, 0.15) is 26.2 Å². The van der Waals surface area contributed by atoms with Crippen molar-refractivity contribution >= 4 is 11.8 Å². The Morgan fingerprint density at radius 2 is 2.27 bits per heavy atom. The summed E-state index contributed by atoms with van der Waals surface area (Å²) < 4.78 is 0. The van der Waals surface area contributed by atoms with Crippen molar-refractivity contribution in [3.63, 3.8) is 0 Å². The average molecular weight is 171 g/mol. The number of rotatable bonds is 0. The first-order chi connectivity index (χ1) is 5.36. The maximum Gasteiger partial charge on any atom is 0.0201 e. The Bertz CT molecular complexity index is 124. The van der Waals surface area contributed by atoms with Gasteiger partial charge in [0.15, 0.2) is 0 Å². The molecule has 0 aromatic rings. The first-order valence-corrected chi connectivity index (χ1v) is 5.76. The van der Waals surface area contributed by atoms with E-state index in [1.165, 1.54) is 31.6 Å². The van der Waals surface area contributed by atoms with Crippen LogP contribution in [0.2, 0.25) is 0 Å². The molecule has 1 aliphatic carbocycles. The Kier molecular flexibility index (Phi) is 2.42. The van der Waals surface area contributed by atoms with Gasteiger partial charge in [-0.05, 0) is 31.1 Å². The molecule has 11 heavy (non-hydrogen) atoms. The van der Waals surface area contributed by atoms with Gasteiger partial charge in [0.05, 0.1) is 0 Å². The molecule has 1 nitrogen and oxygen atoms in total. The van der Waals surface area contributed by atoms with E-state index in [9.17, 15) is 0 Å². The van der Waals surface area contributed by atoms with E-state index in [0.29, 0.717) is 0 Å². The van der Waals surface area contributed by atoms with Crippen LogP contribution in [0.25, 0.3) is 0 Å². The van der Waals surface area contributed by atoms with Crippen LogP contribution < -0.4 is 5.32 Å². The van der Waals surface area contributed by atoms with E-state index < -0.39 is 0 Å². The van der Waals surface area contributed by atoms with Gasteiger partial charge in [0.2, 0.25) is 0 Å². The summed E-state index contributed by atoms with van der Waals surface area (Å²) in [6.07, 6.45) is 4.32. The summed E-state index contributed by atoms with van der Waals surface area (Å²) >= 11 is 2.20. The van der Waals surface area contributed by atoms with Gasteiger partial charge in [-0.1, -0.05) is 13.3 Å². The molecule has 1 saturated heterocycles. The van der Waals surface area contributed by atoms with Gasteiger partial charge in [0, 0.05) is 11.3 Å². The zero-order valence-electron chi connectivity index (χ0n) is 7.18. The van der Waals surface area contributed by atoms with Crippen molar-refractivity contribution in [3.8, 4) is 0 Å². The van der Waals surface area contributed by atoms with Crippen LogP contribution in [0.3, 0.4) is 0 Å². The first kappa shape index (κ1) is 7.93. The molecule has 3 unspecified atom stereocenters. The van der Waals surface area contributed by atoms with Crippen LogP contribution >= 0.6 is 11.8 Å². The fraction of sp³-hybridized carbons (Fsp3) is 1.00. The van der Waals surface area contributed by atoms with Crippen LogP contribution in [0.5, 0.6) is 0 Å². The lowest BCUT2D eigenvalue weighted by Gasteiger charge is -2.15. The summed E-state index contributed by atoms with van der Waals surface area (Å²) in [5.74, 6) is 2.25. The lowest BCUT2D eigenvalue weighted by Crippen LogP contribution is -2.33. The van der Waals surface area contributed by atoms with Crippen LogP contribution in [0, 0.1) is 5.92 Å². The highest BCUT2D eigenvalue weighted by Gasteiger charge is 2.29. The molecule has 0 aromatic heterocycles. The van der Waals surface area contributed by atoms with Gasteiger partial charge in [-0.25, -0.2) is 0 Å². The minimum absolute atomic E-state index is 0.852. The monoisotopic (exact) mass is 171 g/mol. The molecule has 0 radical (unpaired) electrons. The smallest absolute Gasteiger partial charge is 0.0201 e. The molecule has 3 atom stereocenters. The Balaban J connectivity index is 1.95. The number of hydrogen-bond acceptors (Lipinski definition) is 2. The van der Waals surface area contributed by atoms with Crippen LogP contribution in [0.15, 0.2) is 0 Å². The predicted molar refractivity (Wildman–Crippen MR) is 51.1 cm³/mol. The zero-order valence-corrected chi connectivity index (χ0v) is 7.99. The number of thioether (sulfide) groups is 1. The van der Waals surface area contributed by atoms with E-state index in [4.69, 9.17) is 0 Å². The normalized spacial score (nSPS) is 45.0. The molecule has 1 saturated carbocycles. The largest absolute Gasteiger partial charge is 0.313 e. The summed E-state index contributed by atoms with van der Waals surface area (Å²) in [6.45, 7) is 3.59. The van der Waals surface area contributed by atoms with Crippen molar-refractivity contribution in [2.75, 3.05) is 12.3 Å². The Labute approximate surface area is 73.3 Å². The molecular formula is C9H17NS. The second kappa shape index (κ2) is 3.36. The molecule has 2 rings (SSSR count). The van der Waals surface area contributed by atoms with Crippen molar-refractivity contribution in [2.45, 2.75) is 37.5 Å². The topological polar surface area (TPSA) is 12.0 Å². The van der Waals surface area contributed by atoms with Gasteiger partial charge in [0.1, 0.15) is 0 Å². The standard InChI is InChI=1S/C9H17NS/c1-7-5-10-8-3-2-4-9(8)11-6-7/h7-10H,2-6H2,1H3. The Morgan fingerprint density at radius 1 is 1.36 bits per heavy atom. The SMILES string of the molecule is CC1CNC2CCCC2SC1. The van der Waals surface area contributed by atoms with Crippen molar-refractivity contribution < 1.29 is 0 Å². The number of hydrogen-bond donors (Lipinski definition) is 1. The van der Waals surface area contributed by atoms with Gasteiger partial charge in [-0.3, -0.25) is 0 Å². The summed E-state index contributed by atoms with van der Waals surface area (Å²) in [7, 11) is 0. The summed E-state index contributed by atoms with van der Waals surface area (Å²) in [5, 5.41) is 4.62. The van der Waals surface area contributed by atoms with Gasteiger partial charge >= 0.3 is 0 Å². The lowest BCUT2D eigenvalue weighted by atomic mass is 10.2. The molecule has 64 valence electrons. The van der Waals surface area contributed by atoms with Crippen molar-refractivity contribution in [2.24, 2.45) is 5.92 Å². The highest BCUT2D eigenvalue weighted by molar-refractivity contribution is 8.00. The summed E-state index contributed by atoms with van der Waals surface area (Å²) in [5.41, 5.74) is 0. The van der Waals surface area contributed by atoms with Crippen molar-refractivity contribution in [3.05, 3.63) is 0 Å². The summed E-state index contributed by atoms with van der Waals surface area (Å²) in [4.78, 5) is 0. The van der Waals surface area contributed by atoms with Gasteiger partial charge < -0.3 is 5.32 Å². The minimum Gasteiger partial charge on any atom is -0.313 e. The Hall–Kier alpha value is 0.310. The van der Waals surface area contributed by atoms with E-state index in [1.807, 2.05) is 0 Å². The zero-order chi connectivity index (χ0) is 7.68. The summed E-state index contributed by atoms with van der Waals surface area (Å²) in [6, 6.07) is 0.852. The number of fused-ring (bicyclic) bond motifs is 1. The van der Waals surface area contributed by atoms with E-state index >= 15 is 0 Å².